The molecule has 0 aliphatic carbocycles. The number of carbonyl (C=O) groups is 1. The van der Waals surface area contributed by atoms with Crippen LogP contribution < -0.4 is 10.9 Å². The molecule has 0 unspecified atom stereocenters. The third kappa shape index (κ3) is 3.13. The highest BCUT2D eigenvalue weighted by Gasteiger charge is 2.17. The van der Waals surface area contributed by atoms with Gasteiger partial charge in [0.2, 0.25) is 0 Å². The van der Waals surface area contributed by atoms with Crippen molar-refractivity contribution in [1.82, 2.24) is 24.3 Å². The van der Waals surface area contributed by atoms with Crippen LogP contribution in [0.4, 0.5) is 0 Å². The number of rotatable bonds is 5. The second kappa shape index (κ2) is 6.43. The SMILES string of the molecule is CC[C@H](Cn1ccnc1)NC(=O)c1cnc2ccccn2c1=O. The number of imidazole rings is 1. The average Bonchev–Trinajstić information content (AvgIpc) is 3.07. The standard InChI is InChI=1S/C16H17N5O2/c1-2-12(10-20-8-6-17-11-20)19-15(22)13-9-18-14-5-3-4-7-21(14)16(13)23/h3-9,11-12H,2,10H2,1H3,(H,19,22)/t12-/m1/s1. The second-order valence-corrected chi connectivity index (χ2v) is 5.24. The van der Waals surface area contributed by atoms with Crippen LogP contribution in [-0.4, -0.2) is 30.9 Å². The summed E-state index contributed by atoms with van der Waals surface area (Å²) in [6, 6.07) is 5.15. The molecular formula is C16H17N5O2. The maximum Gasteiger partial charge on any atom is 0.270 e. The number of nitrogens with one attached hydrogen (secondary N) is 1. The van der Waals surface area contributed by atoms with Gasteiger partial charge in [0, 0.05) is 37.4 Å². The first-order valence-corrected chi connectivity index (χ1v) is 7.42. The topological polar surface area (TPSA) is 81.3 Å². The Morgan fingerprint density at radius 3 is 2.96 bits per heavy atom. The Kier molecular flexibility index (Phi) is 4.18. The van der Waals surface area contributed by atoms with E-state index in [1.807, 2.05) is 17.7 Å². The maximum atomic E-state index is 12.4. The van der Waals surface area contributed by atoms with Gasteiger partial charge < -0.3 is 9.88 Å². The molecule has 1 atom stereocenters. The molecule has 0 bridgehead atoms. The number of aromatic nitrogens is 4. The Morgan fingerprint density at radius 1 is 1.35 bits per heavy atom. The summed E-state index contributed by atoms with van der Waals surface area (Å²) in [5.74, 6) is -0.410. The summed E-state index contributed by atoms with van der Waals surface area (Å²) in [6.45, 7) is 2.58. The first-order chi connectivity index (χ1) is 11.2. The van der Waals surface area contributed by atoms with Gasteiger partial charge in [-0.05, 0) is 18.6 Å². The van der Waals surface area contributed by atoms with Crippen molar-refractivity contribution >= 4 is 11.6 Å². The Labute approximate surface area is 132 Å². The largest absolute Gasteiger partial charge is 0.347 e. The lowest BCUT2D eigenvalue weighted by Crippen LogP contribution is -2.40. The van der Waals surface area contributed by atoms with E-state index in [1.165, 1.54) is 10.6 Å². The smallest absolute Gasteiger partial charge is 0.270 e. The highest BCUT2D eigenvalue weighted by molar-refractivity contribution is 5.93. The predicted molar refractivity (Wildman–Crippen MR) is 85.2 cm³/mol. The van der Waals surface area contributed by atoms with Gasteiger partial charge in [-0.3, -0.25) is 14.0 Å². The Balaban J connectivity index is 1.82. The van der Waals surface area contributed by atoms with Gasteiger partial charge >= 0.3 is 0 Å². The lowest BCUT2D eigenvalue weighted by molar-refractivity contribution is 0.0930. The Morgan fingerprint density at radius 2 is 2.22 bits per heavy atom. The molecule has 3 rings (SSSR count). The molecule has 7 nitrogen and oxygen atoms in total. The van der Waals surface area contributed by atoms with Gasteiger partial charge in [-0.2, -0.15) is 0 Å². The van der Waals surface area contributed by atoms with Crippen molar-refractivity contribution in [1.29, 1.82) is 0 Å². The lowest BCUT2D eigenvalue weighted by Gasteiger charge is -2.17. The van der Waals surface area contributed by atoms with E-state index >= 15 is 0 Å². The van der Waals surface area contributed by atoms with Gasteiger partial charge in [-0.15, -0.1) is 0 Å². The van der Waals surface area contributed by atoms with Crippen molar-refractivity contribution in [3.63, 3.8) is 0 Å². The van der Waals surface area contributed by atoms with Crippen LogP contribution in [-0.2, 0) is 6.54 Å². The molecule has 0 saturated heterocycles. The highest BCUT2D eigenvalue weighted by Crippen LogP contribution is 2.01. The summed E-state index contributed by atoms with van der Waals surface area (Å²) in [4.78, 5) is 33.0. The highest BCUT2D eigenvalue weighted by atomic mass is 16.2. The van der Waals surface area contributed by atoms with E-state index in [4.69, 9.17) is 0 Å². The van der Waals surface area contributed by atoms with Crippen molar-refractivity contribution in [2.45, 2.75) is 25.9 Å². The van der Waals surface area contributed by atoms with Crippen molar-refractivity contribution in [3.8, 4) is 0 Å². The third-order valence-electron chi connectivity index (χ3n) is 3.68. The molecular weight excluding hydrogens is 294 g/mol. The van der Waals surface area contributed by atoms with Crippen LogP contribution in [0.15, 0.2) is 54.1 Å². The first kappa shape index (κ1) is 15.0. The number of amides is 1. The van der Waals surface area contributed by atoms with Crippen LogP contribution >= 0.6 is 0 Å². The molecule has 1 amide bonds. The zero-order chi connectivity index (χ0) is 16.2. The van der Waals surface area contributed by atoms with E-state index in [0.717, 1.165) is 6.42 Å². The Hall–Kier alpha value is -2.96. The van der Waals surface area contributed by atoms with Crippen LogP contribution in [0.3, 0.4) is 0 Å². The molecule has 1 N–H and O–H groups in total. The molecule has 23 heavy (non-hydrogen) atoms. The quantitative estimate of drug-likeness (QED) is 0.765. The molecule has 0 aliphatic rings. The van der Waals surface area contributed by atoms with Crippen molar-refractivity contribution in [2.24, 2.45) is 0 Å². The number of hydrogen-bond donors (Lipinski definition) is 1. The van der Waals surface area contributed by atoms with E-state index in [0.29, 0.717) is 12.2 Å². The molecule has 0 fully saturated rings. The van der Waals surface area contributed by atoms with Gasteiger partial charge in [-0.1, -0.05) is 13.0 Å². The first-order valence-electron chi connectivity index (χ1n) is 7.42. The molecule has 0 aromatic carbocycles. The molecule has 7 heteroatoms. The van der Waals surface area contributed by atoms with Crippen LogP contribution in [0.2, 0.25) is 0 Å². The number of nitrogens with zero attached hydrogens (tertiary/aromatic N) is 4. The van der Waals surface area contributed by atoms with E-state index in [-0.39, 0.29) is 17.2 Å². The van der Waals surface area contributed by atoms with Gasteiger partial charge in [0.05, 0.1) is 6.33 Å². The molecule has 0 radical (unpaired) electrons. The summed E-state index contributed by atoms with van der Waals surface area (Å²) in [5, 5.41) is 2.89. The van der Waals surface area contributed by atoms with Crippen LogP contribution in [0.1, 0.15) is 23.7 Å². The third-order valence-corrected chi connectivity index (χ3v) is 3.68. The monoisotopic (exact) mass is 311 g/mol. The normalized spacial score (nSPS) is 12.2. The summed E-state index contributed by atoms with van der Waals surface area (Å²) in [7, 11) is 0. The molecule has 0 aliphatic heterocycles. The number of pyridine rings is 1. The molecule has 118 valence electrons. The Bertz CT molecular complexity index is 870. The molecule has 3 heterocycles. The summed E-state index contributed by atoms with van der Waals surface area (Å²) < 4.78 is 3.26. The summed E-state index contributed by atoms with van der Waals surface area (Å²) in [5.41, 5.74) is 0.183. The van der Waals surface area contributed by atoms with E-state index in [9.17, 15) is 9.59 Å². The fourth-order valence-electron chi connectivity index (χ4n) is 2.37. The van der Waals surface area contributed by atoms with E-state index in [1.54, 1.807) is 36.9 Å². The number of carbonyl (C=O) groups excluding carboxylic acids is 1. The van der Waals surface area contributed by atoms with E-state index < -0.39 is 5.91 Å². The van der Waals surface area contributed by atoms with Crippen LogP contribution in [0, 0.1) is 0 Å². The van der Waals surface area contributed by atoms with E-state index in [2.05, 4.69) is 15.3 Å². The van der Waals surface area contributed by atoms with Crippen molar-refractivity contribution in [3.05, 3.63) is 65.2 Å². The maximum absolute atomic E-state index is 12.4. The predicted octanol–water partition coefficient (Wildman–Crippen LogP) is 1.10. The van der Waals surface area contributed by atoms with Crippen LogP contribution in [0.25, 0.3) is 5.65 Å². The molecule has 0 spiro atoms. The molecule has 3 aromatic rings. The van der Waals surface area contributed by atoms with Gasteiger partial charge in [0.15, 0.2) is 0 Å². The summed E-state index contributed by atoms with van der Waals surface area (Å²) in [6.07, 6.45) is 8.89. The molecule has 0 saturated carbocycles. The fraction of sp³-hybridized carbons (Fsp3) is 0.250. The molecule has 3 aromatic heterocycles. The lowest BCUT2D eigenvalue weighted by atomic mass is 10.2. The minimum atomic E-state index is -0.410. The average molecular weight is 311 g/mol. The van der Waals surface area contributed by atoms with Gasteiger partial charge in [0.1, 0.15) is 11.2 Å². The van der Waals surface area contributed by atoms with Gasteiger partial charge in [0.25, 0.3) is 11.5 Å². The van der Waals surface area contributed by atoms with Gasteiger partial charge in [-0.25, -0.2) is 9.97 Å². The minimum absolute atomic E-state index is 0.0396. The second-order valence-electron chi connectivity index (χ2n) is 5.24. The van der Waals surface area contributed by atoms with Crippen molar-refractivity contribution < 1.29 is 4.79 Å². The fourth-order valence-corrected chi connectivity index (χ4v) is 2.37. The summed E-state index contributed by atoms with van der Waals surface area (Å²) >= 11 is 0. The van der Waals surface area contributed by atoms with Crippen molar-refractivity contribution in [2.75, 3.05) is 0 Å². The minimum Gasteiger partial charge on any atom is -0.347 e. The zero-order valence-corrected chi connectivity index (χ0v) is 12.7. The zero-order valence-electron chi connectivity index (χ0n) is 12.7. The number of hydrogen-bond acceptors (Lipinski definition) is 4. The van der Waals surface area contributed by atoms with Crippen LogP contribution in [0.5, 0.6) is 0 Å². The number of fused-ring (bicyclic) bond motifs is 1.